The standard InChI is InChI=1S/C26H21FN4O5/c27-20-8-4-5-9-21(20)29-23(32)15-31-25(34)22(30-26(31)35)14-17-10-12-19(13-11-17)36-16-24(33)28-18-6-2-1-3-7-18/h1-14H,15-16H2,(H,28,33)(H,29,32)(H,30,35)/b22-14+. The van der Waals surface area contributed by atoms with Gasteiger partial charge in [-0.05, 0) is 48.0 Å². The van der Waals surface area contributed by atoms with E-state index in [0.717, 1.165) is 4.90 Å². The molecule has 9 nitrogen and oxygen atoms in total. The van der Waals surface area contributed by atoms with Crippen LogP contribution in [-0.4, -0.2) is 41.8 Å². The van der Waals surface area contributed by atoms with E-state index >= 15 is 0 Å². The van der Waals surface area contributed by atoms with Gasteiger partial charge in [-0.3, -0.25) is 14.4 Å². The summed E-state index contributed by atoms with van der Waals surface area (Å²) in [6, 6.07) is 20.3. The maximum absolute atomic E-state index is 13.7. The fraction of sp³-hybridized carbons (Fsp3) is 0.0769. The number of hydrogen-bond donors (Lipinski definition) is 3. The fourth-order valence-electron chi connectivity index (χ4n) is 3.31. The Hall–Kier alpha value is -4.99. The molecule has 4 rings (SSSR count). The predicted molar refractivity (Wildman–Crippen MR) is 130 cm³/mol. The van der Waals surface area contributed by atoms with Crippen LogP contribution in [0.4, 0.5) is 20.6 Å². The zero-order valence-electron chi connectivity index (χ0n) is 18.9. The Labute approximate surface area is 205 Å². The topological polar surface area (TPSA) is 117 Å². The van der Waals surface area contributed by atoms with Gasteiger partial charge in [-0.1, -0.05) is 42.5 Å². The first-order valence-electron chi connectivity index (χ1n) is 10.9. The lowest BCUT2D eigenvalue weighted by atomic mass is 10.2. The van der Waals surface area contributed by atoms with Crippen LogP contribution in [0.15, 0.2) is 84.6 Å². The predicted octanol–water partition coefficient (Wildman–Crippen LogP) is 3.37. The fourth-order valence-corrected chi connectivity index (χ4v) is 3.31. The second-order valence-electron chi connectivity index (χ2n) is 7.68. The number of carbonyl (C=O) groups excluding carboxylic acids is 4. The van der Waals surface area contributed by atoms with E-state index in [0.29, 0.717) is 17.0 Å². The smallest absolute Gasteiger partial charge is 0.329 e. The molecule has 1 heterocycles. The second kappa shape index (κ2) is 11.0. The van der Waals surface area contributed by atoms with Crippen LogP contribution in [0.3, 0.4) is 0 Å². The number of hydrogen-bond acceptors (Lipinski definition) is 5. The SMILES string of the molecule is O=C(COc1ccc(/C=C2/NC(=O)N(CC(=O)Nc3ccccc3F)C2=O)cc1)Nc1ccccc1. The molecule has 10 heteroatoms. The summed E-state index contributed by atoms with van der Waals surface area (Å²) in [5, 5.41) is 7.47. The largest absolute Gasteiger partial charge is 0.484 e. The molecular weight excluding hydrogens is 467 g/mol. The number of ether oxygens (including phenoxy) is 1. The highest BCUT2D eigenvalue weighted by atomic mass is 19.1. The zero-order valence-corrected chi connectivity index (χ0v) is 18.9. The average molecular weight is 488 g/mol. The van der Waals surface area contributed by atoms with Crippen LogP contribution in [0.1, 0.15) is 5.56 Å². The van der Waals surface area contributed by atoms with Crippen molar-refractivity contribution in [1.82, 2.24) is 10.2 Å². The molecule has 1 saturated heterocycles. The quantitative estimate of drug-likeness (QED) is 0.332. The van der Waals surface area contributed by atoms with E-state index in [1.54, 1.807) is 54.6 Å². The van der Waals surface area contributed by atoms with Gasteiger partial charge in [0.2, 0.25) is 5.91 Å². The molecule has 5 amide bonds. The van der Waals surface area contributed by atoms with Crippen LogP contribution < -0.4 is 20.7 Å². The van der Waals surface area contributed by atoms with Gasteiger partial charge in [-0.2, -0.15) is 0 Å². The Morgan fingerprint density at radius 3 is 2.31 bits per heavy atom. The molecular formula is C26H21FN4O5. The number of halogens is 1. The minimum absolute atomic E-state index is 0.0189. The molecule has 0 unspecified atom stereocenters. The van der Waals surface area contributed by atoms with Crippen molar-refractivity contribution < 1.29 is 28.3 Å². The molecule has 1 aliphatic rings. The first kappa shape index (κ1) is 24.1. The van der Waals surface area contributed by atoms with Crippen molar-refractivity contribution >= 4 is 41.2 Å². The van der Waals surface area contributed by atoms with Crippen LogP contribution in [-0.2, 0) is 14.4 Å². The minimum Gasteiger partial charge on any atom is -0.484 e. The van der Waals surface area contributed by atoms with Crippen LogP contribution in [0, 0.1) is 5.82 Å². The molecule has 1 aliphatic heterocycles. The number of rotatable bonds is 8. The summed E-state index contributed by atoms with van der Waals surface area (Å²) in [6.45, 7) is -0.762. The highest BCUT2D eigenvalue weighted by molar-refractivity contribution is 6.15. The molecule has 0 atom stereocenters. The van der Waals surface area contributed by atoms with Crippen molar-refractivity contribution in [1.29, 1.82) is 0 Å². The summed E-state index contributed by atoms with van der Waals surface area (Å²) in [5.74, 6) is -1.92. The third-order valence-corrected chi connectivity index (χ3v) is 5.03. The Balaban J connectivity index is 1.32. The lowest BCUT2D eigenvalue weighted by Crippen LogP contribution is -2.38. The van der Waals surface area contributed by atoms with E-state index in [2.05, 4.69) is 16.0 Å². The number of carbonyl (C=O) groups is 4. The van der Waals surface area contributed by atoms with Gasteiger partial charge in [0, 0.05) is 5.69 Å². The number of urea groups is 1. The van der Waals surface area contributed by atoms with Crippen LogP contribution in [0.5, 0.6) is 5.75 Å². The van der Waals surface area contributed by atoms with Gasteiger partial charge in [-0.15, -0.1) is 0 Å². The molecule has 0 aliphatic carbocycles. The minimum atomic E-state index is -0.765. The van der Waals surface area contributed by atoms with Gasteiger partial charge in [0.1, 0.15) is 23.8 Å². The molecule has 3 N–H and O–H groups in total. The van der Waals surface area contributed by atoms with E-state index in [-0.39, 0.29) is 23.9 Å². The third kappa shape index (κ3) is 6.11. The van der Waals surface area contributed by atoms with Gasteiger partial charge in [0.25, 0.3) is 11.8 Å². The zero-order chi connectivity index (χ0) is 25.5. The maximum Gasteiger partial charge on any atom is 0.329 e. The summed E-state index contributed by atoms with van der Waals surface area (Å²) in [7, 11) is 0. The van der Waals surface area contributed by atoms with Crippen molar-refractivity contribution in [3.05, 3.63) is 95.9 Å². The van der Waals surface area contributed by atoms with Crippen molar-refractivity contribution in [2.24, 2.45) is 0 Å². The van der Waals surface area contributed by atoms with E-state index in [1.807, 2.05) is 6.07 Å². The van der Waals surface area contributed by atoms with Gasteiger partial charge in [0.05, 0.1) is 5.69 Å². The van der Waals surface area contributed by atoms with E-state index in [1.165, 1.54) is 24.3 Å². The number of amides is 5. The number of para-hydroxylation sites is 2. The summed E-state index contributed by atoms with van der Waals surface area (Å²) in [6.07, 6.45) is 1.45. The molecule has 0 saturated carbocycles. The van der Waals surface area contributed by atoms with Crippen molar-refractivity contribution in [2.75, 3.05) is 23.8 Å². The van der Waals surface area contributed by atoms with Crippen molar-refractivity contribution in [3.8, 4) is 5.75 Å². The van der Waals surface area contributed by atoms with Crippen molar-refractivity contribution in [3.63, 3.8) is 0 Å². The number of nitrogens with one attached hydrogen (secondary N) is 3. The average Bonchev–Trinajstić information content (AvgIpc) is 3.13. The molecule has 0 radical (unpaired) electrons. The van der Waals surface area contributed by atoms with Gasteiger partial charge < -0.3 is 20.7 Å². The highest BCUT2D eigenvalue weighted by Crippen LogP contribution is 2.18. The summed E-state index contributed by atoms with van der Waals surface area (Å²) in [5.41, 5.74) is 1.17. The first-order valence-corrected chi connectivity index (χ1v) is 10.9. The van der Waals surface area contributed by atoms with Gasteiger partial charge in [0.15, 0.2) is 6.61 Å². The normalized spacial score (nSPS) is 13.9. The molecule has 0 bridgehead atoms. The molecule has 1 fully saturated rings. The second-order valence-corrected chi connectivity index (χ2v) is 7.68. The van der Waals surface area contributed by atoms with Crippen LogP contribution >= 0.6 is 0 Å². The Bertz CT molecular complexity index is 1330. The summed E-state index contributed by atoms with van der Waals surface area (Å²) >= 11 is 0. The van der Waals surface area contributed by atoms with Gasteiger partial charge in [-0.25, -0.2) is 14.1 Å². The number of nitrogens with zero attached hydrogens (tertiary/aromatic N) is 1. The Morgan fingerprint density at radius 2 is 1.58 bits per heavy atom. The number of anilines is 2. The summed E-state index contributed by atoms with van der Waals surface area (Å²) in [4.78, 5) is 49.8. The molecule has 182 valence electrons. The molecule has 0 spiro atoms. The van der Waals surface area contributed by atoms with Crippen molar-refractivity contribution in [2.45, 2.75) is 0 Å². The molecule has 3 aromatic carbocycles. The number of benzene rings is 3. The van der Waals surface area contributed by atoms with E-state index < -0.39 is 30.2 Å². The summed E-state index contributed by atoms with van der Waals surface area (Å²) < 4.78 is 19.2. The molecule has 3 aromatic rings. The first-order chi connectivity index (χ1) is 17.4. The van der Waals surface area contributed by atoms with E-state index in [4.69, 9.17) is 4.74 Å². The molecule has 36 heavy (non-hydrogen) atoms. The Morgan fingerprint density at radius 1 is 0.889 bits per heavy atom. The highest BCUT2D eigenvalue weighted by Gasteiger charge is 2.35. The number of imide groups is 1. The molecule has 0 aromatic heterocycles. The van der Waals surface area contributed by atoms with Crippen LogP contribution in [0.25, 0.3) is 6.08 Å². The lowest BCUT2D eigenvalue weighted by Gasteiger charge is -2.12. The third-order valence-electron chi connectivity index (χ3n) is 5.03. The van der Waals surface area contributed by atoms with E-state index in [9.17, 15) is 23.6 Å². The Kier molecular flexibility index (Phi) is 7.35. The lowest BCUT2D eigenvalue weighted by molar-refractivity contribution is -0.127. The van der Waals surface area contributed by atoms with Gasteiger partial charge >= 0.3 is 6.03 Å². The monoisotopic (exact) mass is 488 g/mol. The van der Waals surface area contributed by atoms with Crippen LogP contribution in [0.2, 0.25) is 0 Å². The maximum atomic E-state index is 13.7.